The van der Waals surface area contributed by atoms with Crippen molar-refractivity contribution in [3.05, 3.63) is 74.8 Å². The highest BCUT2D eigenvalue weighted by atomic mass is 32.2. The summed E-state index contributed by atoms with van der Waals surface area (Å²) >= 11 is 1.51. The number of carbonyl (C=O) groups is 1. The van der Waals surface area contributed by atoms with Crippen molar-refractivity contribution in [3.8, 4) is 0 Å². The maximum atomic E-state index is 11.8. The fourth-order valence-corrected chi connectivity index (χ4v) is 3.10. The third-order valence-electron chi connectivity index (χ3n) is 3.27. The summed E-state index contributed by atoms with van der Waals surface area (Å²) in [6, 6.07) is 12.4. The maximum absolute atomic E-state index is 11.8. The smallest absolute Gasteiger partial charge is 0.270 e. The molecule has 6 nitrogen and oxygen atoms in total. The van der Waals surface area contributed by atoms with E-state index >= 15 is 0 Å². The Hall–Kier alpha value is -2.67. The summed E-state index contributed by atoms with van der Waals surface area (Å²) in [5, 5.41) is 14.5. The average molecular weight is 357 g/mol. The Kier molecular flexibility index (Phi) is 6.71. The van der Waals surface area contributed by atoms with Gasteiger partial charge in [-0.25, -0.2) is 5.43 Å². The van der Waals surface area contributed by atoms with Crippen molar-refractivity contribution in [1.82, 2.24) is 5.43 Å². The van der Waals surface area contributed by atoms with Gasteiger partial charge in [0.1, 0.15) is 0 Å². The first-order valence-corrected chi connectivity index (χ1v) is 8.81. The van der Waals surface area contributed by atoms with Crippen LogP contribution in [-0.2, 0) is 10.5 Å². The lowest BCUT2D eigenvalue weighted by Crippen LogP contribution is -2.19. The van der Waals surface area contributed by atoms with Gasteiger partial charge < -0.3 is 0 Å². The second-order valence-corrected chi connectivity index (χ2v) is 6.62. The molecule has 0 heterocycles. The van der Waals surface area contributed by atoms with Gasteiger partial charge in [0.05, 0.1) is 16.9 Å². The van der Waals surface area contributed by atoms with E-state index in [0.29, 0.717) is 11.3 Å². The van der Waals surface area contributed by atoms with Crippen molar-refractivity contribution in [1.29, 1.82) is 0 Å². The lowest BCUT2D eigenvalue weighted by atomic mass is 10.1. The Morgan fingerprint density at radius 1 is 1.24 bits per heavy atom. The molecule has 0 saturated carbocycles. The zero-order valence-electron chi connectivity index (χ0n) is 14.1. The van der Waals surface area contributed by atoms with Gasteiger partial charge in [-0.15, -0.1) is 11.8 Å². The Morgan fingerprint density at radius 3 is 2.64 bits per heavy atom. The number of carbonyl (C=O) groups excluding carboxylic acids is 1. The summed E-state index contributed by atoms with van der Waals surface area (Å²) < 4.78 is 0. The highest BCUT2D eigenvalue weighted by Crippen LogP contribution is 2.15. The molecule has 0 aliphatic rings. The lowest BCUT2D eigenvalue weighted by Gasteiger charge is -2.04. The molecule has 2 aromatic carbocycles. The lowest BCUT2D eigenvalue weighted by molar-refractivity contribution is -0.384. The van der Waals surface area contributed by atoms with Crippen LogP contribution >= 0.6 is 11.8 Å². The molecule has 1 amide bonds. The van der Waals surface area contributed by atoms with Gasteiger partial charge in [0.15, 0.2) is 0 Å². The summed E-state index contributed by atoms with van der Waals surface area (Å²) in [6.07, 6.45) is 1.39. The molecule has 0 bridgehead atoms. The summed E-state index contributed by atoms with van der Waals surface area (Å²) in [5.74, 6) is 0.833. The normalized spacial score (nSPS) is 10.8. The minimum Gasteiger partial charge on any atom is -0.272 e. The molecule has 0 saturated heterocycles. The van der Waals surface area contributed by atoms with Crippen molar-refractivity contribution >= 4 is 29.6 Å². The van der Waals surface area contributed by atoms with E-state index in [2.05, 4.69) is 42.6 Å². The standard InChI is InChI=1S/C18H19N3O3S/c1-13-6-14(2)8-16(7-13)11-25-12-18(22)20-19-10-15-4-3-5-17(9-15)21(23)24/h3-10H,11-12H2,1-2H3,(H,20,22)/b19-10-. The number of nitro benzene ring substituents is 1. The number of non-ortho nitro benzene ring substituents is 1. The minimum atomic E-state index is -0.473. The van der Waals surface area contributed by atoms with Crippen LogP contribution in [0, 0.1) is 24.0 Å². The monoisotopic (exact) mass is 357 g/mol. The molecule has 0 fully saturated rings. The molecule has 2 rings (SSSR count). The predicted octanol–water partition coefficient (Wildman–Crippen LogP) is 3.60. The van der Waals surface area contributed by atoms with E-state index in [4.69, 9.17) is 0 Å². The molecule has 25 heavy (non-hydrogen) atoms. The highest BCUT2D eigenvalue weighted by Gasteiger charge is 2.05. The molecule has 0 atom stereocenters. The van der Waals surface area contributed by atoms with Gasteiger partial charge >= 0.3 is 0 Å². The van der Waals surface area contributed by atoms with Gasteiger partial charge in [-0.1, -0.05) is 41.5 Å². The van der Waals surface area contributed by atoms with E-state index in [0.717, 1.165) is 5.75 Å². The minimum absolute atomic E-state index is 0.0146. The molecule has 0 radical (unpaired) electrons. The molecule has 0 unspecified atom stereocenters. The Morgan fingerprint density at radius 2 is 1.96 bits per heavy atom. The molecule has 7 heteroatoms. The van der Waals surface area contributed by atoms with Crippen LogP contribution in [0.5, 0.6) is 0 Å². The number of hydrazone groups is 1. The van der Waals surface area contributed by atoms with E-state index in [-0.39, 0.29) is 11.6 Å². The summed E-state index contributed by atoms with van der Waals surface area (Å²) in [5.41, 5.74) is 6.58. The van der Waals surface area contributed by atoms with Crippen LogP contribution in [0.3, 0.4) is 0 Å². The van der Waals surface area contributed by atoms with Crippen molar-refractivity contribution in [2.24, 2.45) is 5.10 Å². The Bertz CT molecular complexity index is 786. The van der Waals surface area contributed by atoms with Crippen LogP contribution in [0.25, 0.3) is 0 Å². The summed E-state index contributed by atoms with van der Waals surface area (Å²) in [7, 11) is 0. The van der Waals surface area contributed by atoms with Crippen LogP contribution in [0.2, 0.25) is 0 Å². The SMILES string of the molecule is Cc1cc(C)cc(CSCC(=O)N/N=C\c2cccc([N+](=O)[O-])c2)c1. The number of hydrogen-bond acceptors (Lipinski definition) is 5. The molecule has 1 N–H and O–H groups in total. The largest absolute Gasteiger partial charge is 0.272 e. The number of thioether (sulfide) groups is 1. The number of benzene rings is 2. The average Bonchev–Trinajstić information content (AvgIpc) is 2.54. The van der Waals surface area contributed by atoms with Crippen LogP contribution in [0.15, 0.2) is 47.6 Å². The highest BCUT2D eigenvalue weighted by molar-refractivity contribution is 7.99. The number of nitrogens with one attached hydrogen (secondary N) is 1. The first-order chi connectivity index (χ1) is 11.9. The number of hydrogen-bond donors (Lipinski definition) is 1. The predicted molar refractivity (Wildman–Crippen MR) is 101 cm³/mol. The fourth-order valence-electron chi connectivity index (χ4n) is 2.34. The zero-order chi connectivity index (χ0) is 18.2. The Balaban J connectivity index is 1.78. The van der Waals surface area contributed by atoms with Crippen molar-refractivity contribution in [2.75, 3.05) is 5.75 Å². The first kappa shape index (κ1) is 18.7. The van der Waals surface area contributed by atoms with Crippen LogP contribution < -0.4 is 5.43 Å². The molecular formula is C18H19N3O3S. The second kappa shape index (κ2) is 8.98. The van der Waals surface area contributed by atoms with E-state index < -0.39 is 4.92 Å². The van der Waals surface area contributed by atoms with Crippen molar-refractivity contribution in [3.63, 3.8) is 0 Å². The topological polar surface area (TPSA) is 84.6 Å². The van der Waals surface area contributed by atoms with E-state index in [9.17, 15) is 14.9 Å². The van der Waals surface area contributed by atoms with Crippen molar-refractivity contribution < 1.29 is 9.72 Å². The van der Waals surface area contributed by atoms with Gasteiger partial charge in [-0.3, -0.25) is 14.9 Å². The molecule has 0 spiro atoms. The van der Waals surface area contributed by atoms with Gasteiger partial charge in [-0.05, 0) is 19.4 Å². The molecule has 0 aliphatic heterocycles. The van der Waals surface area contributed by atoms with E-state index in [1.54, 1.807) is 12.1 Å². The number of amides is 1. The number of nitro groups is 1. The van der Waals surface area contributed by atoms with Gasteiger partial charge in [-0.2, -0.15) is 5.10 Å². The molecule has 0 aromatic heterocycles. The van der Waals surface area contributed by atoms with Crippen molar-refractivity contribution in [2.45, 2.75) is 19.6 Å². The van der Waals surface area contributed by atoms with Gasteiger partial charge in [0, 0.05) is 23.4 Å². The van der Waals surface area contributed by atoms with Gasteiger partial charge in [0.25, 0.3) is 5.69 Å². The summed E-state index contributed by atoms with van der Waals surface area (Å²) in [6.45, 7) is 4.10. The number of rotatable bonds is 7. The molecule has 2 aromatic rings. The van der Waals surface area contributed by atoms with Crippen LogP contribution in [0.1, 0.15) is 22.3 Å². The molecular weight excluding hydrogens is 338 g/mol. The quantitative estimate of drug-likeness (QED) is 0.466. The summed E-state index contributed by atoms with van der Waals surface area (Å²) in [4.78, 5) is 22.0. The Labute approximate surface area is 150 Å². The fraction of sp³-hybridized carbons (Fsp3) is 0.222. The second-order valence-electron chi connectivity index (χ2n) is 5.63. The van der Waals surface area contributed by atoms with Gasteiger partial charge in [0.2, 0.25) is 5.91 Å². The molecule has 0 aliphatic carbocycles. The third kappa shape index (κ3) is 6.39. The number of nitrogens with zero attached hydrogens (tertiary/aromatic N) is 2. The zero-order valence-corrected chi connectivity index (χ0v) is 14.9. The maximum Gasteiger partial charge on any atom is 0.270 e. The number of aryl methyl sites for hydroxylation is 2. The third-order valence-corrected chi connectivity index (χ3v) is 4.27. The van der Waals surface area contributed by atoms with E-state index in [1.807, 2.05) is 0 Å². The van der Waals surface area contributed by atoms with Crippen LogP contribution in [0.4, 0.5) is 5.69 Å². The molecule has 130 valence electrons. The first-order valence-electron chi connectivity index (χ1n) is 7.65. The van der Waals surface area contributed by atoms with E-state index in [1.165, 1.54) is 46.8 Å². The van der Waals surface area contributed by atoms with Crippen LogP contribution in [-0.4, -0.2) is 22.8 Å².